The summed E-state index contributed by atoms with van der Waals surface area (Å²) in [5.74, 6) is -0.300. The molecule has 0 saturated carbocycles. The van der Waals surface area contributed by atoms with Crippen LogP contribution in [0.1, 0.15) is 239 Å². The van der Waals surface area contributed by atoms with Crippen LogP contribution in [-0.2, 0) is 33.2 Å². The first-order valence-electron chi connectivity index (χ1n) is 37.1. The van der Waals surface area contributed by atoms with E-state index in [4.69, 9.17) is 28.4 Å². The van der Waals surface area contributed by atoms with Gasteiger partial charge in [0.2, 0.25) is 5.91 Å². The molecule has 3 fully saturated rings. The molecule has 19 heteroatoms. The van der Waals surface area contributed by atoms with Crippen LogP contribution < -0.4 is 5.32 Å². The Morgan fingerprint density at radius 1 is 0.385 bits per heavy atom. The third-order valence-corrected chi connectivity index (χ3v) is 17.8. The fraction of sp³-hybridized carbons (Fsp3) is 0.753. The average molecular weight is 1360 g/mol. The van der Waals surface area contributed by atoms with Crippen molar-refractivity contribution in [3.63, 3.8) is 0 Å². The van der Waals surface area contributed by atoms with Gasteiger partial charge >= 0.3 is 0 Å². The summed E-state index contributed by atoms with van der Waals surface area (Å²) in [5.41, 5.74) is 0. The molecule has 0 radical (unpaired) electrons. The maximum Gasteiger partial charge on any atom is 0.220 e. The zero-order valence-electron chi connectivity index (χ0n) is 58.6. The Balaban J connectivity index is 1.43. The lowest BCUT2D eigenvalue weighted by Gasteiger charge is -2.48. The maximum absolute atomic E-state index is 13.4. The van der Waals surface area contributed by atoms with Crippen molar-refractivity contribution in [3.8, 4) is 0 Å². The molecular formula is C77H131NO18. The number of aliphatic hydroxyl groups excluding tert-OH is 11. The van der Waals surface area contributed by atoms with Gasteiger partial charge in [-0.15, -0.1) is 0 Å². The summed E-state index contributed by atoms with van der Waals surface area (Å²) in [6.07, 6.45) is 50.6. The Morgan fingerprint density at radius 2 is 0.729 bits per heavy atom. The van der Waals surface area contributed by atoms with E-state index in [9.17, 15) is 61.0 Å². The number of rotatable bonds is 56. The normalized spacial score (nSPS) is 27.7. The number of hydrogen-bond acceptors (Lipinski definition) is 18. The number of hydrogen-bond donors (Lipinski definition) is 12. The molecule has 1 amide bonds. The van der Waals surface area contributed by atoms with Crippen LogP contribution in [0.5, 0.6) is 0 Å². The highest BCUT2D eigenvalue weighted by molar-refractivity contribution is 5.76. The van der Waals surface area contributed by atoms with E-state index in [2.05, 4.69) is 116 Å². The largest absolute Gasteiger partial charge is 0.394 e. The molecular weight excluding hydrogens is 1230 g/mol. The summed E-state index contributed by atoms with van der Waals surface area (Å²) in [7, 11) is 0. The lowest BCUT2D eigenvalue weighted by molar-refractivity contribution is -0.379. The van der Waals surface area contributed by atoms with Crippen LogP contribution in [0.3, 0.4) is 0 Å². The number of nitrogens with one attached hydrogen (secondary N) is 1. The van der Waals surface area contributed by atoms with E-state index in [0.29, 0.717) is 12.8 Å². The first-order chi connectivity index (χ1) is 46.8. The van der Waals surface area contributed by atoms with E-state index in [1.165, 1.54) is 96.3 Å². The second kappa shape index (κ2) is 57.1. The molecule has 0 aliphatic carbocycles. The standard InChI is InChI=1S/C77H131NO18/c1-3-5-7-9-11-13-15-17-19-21-23-25-27-28-29-30-31-32-33-35-37-39-41-43-45-47-49-51-53-55-65(83)78-60(61(82)54-52-50-48-46-44-42-40-38-36-34-26-24-22-20-18-16-14-12-10-8-6-4-2)59-91-75-71(89)68(86)73(63(57-80)93-75)96-77-72(90)69(87)74(64(58-81)94-77)95-76-70(88)67(85)66(84)62(56-79)92-76/h5,7,11,13,17,19,23,25,28-29,31-32,35,37,44,46,52,54,60-64,66-77,79-82,84-90H,3-4,6,8-10,12,14-16,18,20-22,24,26-27,30,33-34,36,38-43,45,47-51,53,55-59H2,1-2H3,(H,78,83)/b7-5-,13-11-,19-17-,25-23-,29-28-,32-31-,37-35-,46-44+,54-52+. The number of carbonyl (C=O) groups is 1. The Morgan fingerprint density at radius 3 is 1.17 bits per heavy atom. The molecule has 0 spiro atoms. The van der Waals surface area contributed by atoms with Gasteiger partial charge in [0.05, 0.1) is 38.6 Å². The lowest BCUT2D eigenvalue weighted by atomic mass is 9.96. The summed E-state index contributed by atoms with van der Waals surface area (Å²) in [4.78, 5) is 13.4. The van der Waals surface area contributed by atoms with E-state index < -0.39 is 124 Å². The summed E-state index contributed by atoms with van der Waals surface area (Å²) >= 11 is 0. The van der Waals surface area contributed by atoms with Crippen molar-refractivity contribution in [2.45, 2.75) is 343 Å². The summed E-state index contributed by atoms with van der Waals surface area (Å²) in [5, 5.41) is 121. The molecule has 17 atom stereocenters. The van der Waals surface area contributed by atoms with Gasteiger partial charge in [-0.3, -0.25) is 4.79 Å². The molecule has 96 heavy (non-hydrogen) atoms. The Hall–Kier alpha value is -3.55. The van der Waals surface area contributed by atoms with Crippen LogP contribution >= 0.6 is 0 Å². The third-order valence-electron chi connectivity index (χ3n) is 17.8. The molecule has 3 saturated heterocycles. The van der Waals surface area contributed by atoms with Gasteiger partial charge in [0.1, 0.15) is 73.2 Å². The number of amides is 1. The van der Waals surface area contributed by atoms with Crippen LogP contribution in [0.4, 0.5) is 0 Å². The minimum atomic E-state index is -1.99. The minimum absolute atomic E-state index is 0.215. The molecule has 17 unspecified atom stereocenters. The van der Waals surface area contributed by atoms with Crippen molar-refractivity contribution >= 4 is 5.91 Å². The Kier molecular flexibility index (Phi) is 51.6. The van der Waals surface area contributed by atoms with Gasteiger partial charge in [-0.1, -0.05) is 252 Å². The van der Waals surface area contributed by atoms with Crippen molar-refractivity contribution in [2.24, 2.45) is 0 Å². The number of ether oxygens (including phenoxy) is 6. The summed E-state index contributed by atoms with van der Waals surface area (Å²) in [6.45, 7) is 1.59. The zero-order chi connectivity index (χ0) is 69.6. The van der Waals surface area contributed by atoms with Crippen molar-refractivity contribution in [1.82, 2.24) is 5.32 Å². The first kappa shape index (κ1) is 86.7. The van der Waals surface area contributed by atoms with Crippen LogP contribution in [-0.4, -0.2) is 193 Å². The van der Waals surface area contributed by atoms with Crippen LogP contribution in [0.2, 0.25) is 0 Å². The van der Waals surface area contributed by atoms with E-state index >= 15 is 0 Å². The maximum atomic E-state index is 13.4. The molecule has 3 rings (SSSR count). The van der Waals surface area contributed by atoms with E-state index in [0.717, 1.165) is 109 Å². The number of unbranched alkanes of at least 4 members (excludes halogenated alkanes) is 24. The molecule has 3 aliphatic rings. The van der Waals surface area contributed by atoms with Crippen LogP contribution in [0.25, 0.3) is 0 Å². The second-order valence-electron chi connectivity index (χ2n) is 26.0. The molecule has 19 nitrogen and oxygen atoms in total. The Labute approximate surface area is 576 Å². The molecule has 12 N–H and O–H groups in total. The van der Waals surface area contributed by atoms with Crippen molar-refractivity contribution in [3.05, 3.63) is 109 Å². The Bertz CT molecular complexity index is 2160. The topological polar surface area (TPSA) is 307 Å². The number of aliphatic hydroxyl groups is 11. The predicted octanol–water partition coefficient (Wildman–Crippen LogP) is 11.0. The fourth-order valence-corrected chi connectivity index (χ4v) is 11.8. The highest BCUT2D eigenvalue weighted by Crippen LogP contribution is 2.33. The van der Waals surface area contributed by atoms with Gasteiger partial charge in [-0.25, -0.2) is 0 Å². The monoisotopic (exact) mass is 1360 g/mol. The summed E-state index contributed by atoms with van der Waals surface area (Å²) < 4.78 is 34.4. The molecule has 3 heterocycles. The van der Waals surface area contributed by atoms with Gasteiger partial charge in [0, 0.05) is 6.42 Å². The van der Waals surface area contributed by atoms with Crippen molar-refractivity contribution < 1.29 is 89.4 Å². The van der Waals surface area contributed by atoms with Gasteiger partial charge < -0.3 is 89.9 Å². The van der Waals surface area contributed by atoms with Gasteiger partial charge in [0.15, 0.2) is 18.9 Å². The third kappa shape index (κ3) is 37.8. The molecule has 552 valence electrons. The zero-order valence-corrected chi connectivity index (χ0v) is 58.6. The van der Waals surface area contributed by atoms with Crippen molar-refractivity contribution in [1.29, 1.82) is 0 Å². The van der Waals surface area contributed by atoms with E-state index in [-0.39, 0.29) is 18.9 Å². The molecule has 0 aromatic carbocycles. The number of allylic oxidation sites excluding steroid dienone is 17. The minimum Gasteiger partial charge on any atom is -0.394 e. The smallest absolute Gasteiger partial charge is 0.220 e. The van der Waals surface area contributed by atoms with Crippen LogP contribution in [0.15, 0.2) is 109 Å². The quantitative estimate of drug-likeness (QED) is 0.0199. The highest BCUT2D eigenvalue weighted by Gasteiger charge is 2.53. The van der Waals surface area contributed by atoms with Crippen LogP contribution in [0, 0.1) is 0 Å². The highest BCUT2D eigenvalue weighted by atomic mass is 16.8. The molecule has 0 aromatic heterocycles. The summed E-state index contributed by atoms with van der Waals surface area (Å²) in [6, 6.07) is -1.01. The fourth-order valence-electron chi connectivity index (χ4n) is 11.8. The predicted molar refractivity (Wildman–Crippen MR) is 378 cm³/mol. The molecule has 0 bridgehead atoms. The SMILES string of the molecule is CC/C=C\C/C=C\C/C=C\C/C=C\C/C=C\C/C=C\C/C=C\CCCCCCCCCC(=O)NC(COC1OC(CO)C(OC2OC(CO)C(OC3OC(CO)C(O)C(O)C3O)C(O)C2O)C(O)C1O)C(O)/C=C/CC/C=C/CCCCCCCCCCCCCCCCCC. The first-order valence-corrected chi connectivity index (χ1v) is 37.1. The van der Waals surface area contributed by atoms with Crippen molar-refractivity contribution in [2.75, 3.05) is 26.4 Å². The van der Waals surface area contributed by atoms with E-state index in [1.807, 2.05) is 6.08 Å². The molecule has 3 aliphatic heterocycles. The van der Waals surface area contributed by atoms with E-state index in [1.54, 1.807) is 6.08 Å². The lowest BCUT2D eigenvalue weighted by Crippen LogP contribution is -2.66. The van der Waals surface area contributed by atoms with Gasteiger partial charge in [-0.05, 0) is 89.9 Å². The van der Waals surface area contributed by atoms with Gasteiger partial charge in [-0.2, -0.15) is 0 Å². The van der Waals surface area contributed by atoms with Gasteiger partial charge in [0.25, 0.3) is 0 Å². The molecule has 0 aromatic rings. The number of carbonyl (C=O) groups excluding carboxylic acids is 1. The average Bonchev–Trinajstić information content (AvgIpc) is 0.787. The second-order valence-corrected chi connectivity index (χ2v) is 26.0.